The zero-order valence-corrected chi connectivity index (χ0v) is 8.98. The van der Waals surface area contributed by atoms with Crippen molar-refractivity contribution in [2.75, 3.05) is 18.3 Å². The summed E-state index contributed by atoms with van der Waals surface area (Å²) in [5.74, 6) is -0.281. The molecule has 0 aliphatic heterocycles. The van der Waals surface area contributed by atoms with Gasteiger partial charge >= 0.3 is 5.97 Å². The highest BCUT2D eigenvalue weighted by atomic mass is 79.9. The van der Waals surface area contributed by atoms with Crippen LogP contribution in [0.2, 0.25) is 0 Å². The van der Waals surface area contributed by atoms with E-state index in [9.17, 15) is 4.79 Å². The van der Waals surface area contributed by atoms with Gasteiger partial charge in [-0.15, -0.1) is 11.6 Å². The van der Waals surface area contributed by atoms with Crippen molar-refractivity contribution in [3.05, 3.63) is 12.2 Å². The summed E-state index contributed by atoms with van der Waals surface area (Å²) >= 11 is 7.77. The van der Waals surface area contributed by atoms with Crippen LogP contribution in [0.25, 0.3) is 0 Å². The van der Waals surface area contributed by atoms with Gasteiger partial charge in [0.1, 0.15) is 0 Å². The quantitative estimate of drug-likeness (QED) is 0.432. The Bertz CT molecular complexity index is 115. The molecule has 0 radical (unpaired) electrons. The second kappa shape index (κ2) is 12.6. The highest BCUT2D eigenvalue weighted by Gasteiger charge is 1.89. The van der Waals surface area contributed by atoms with Crippen molar-refractivity contribution in [2.45, 2.75) is 6.92 Å². The van der Waals surface area contributed by atoms with Crippen LogP contribution in [0.5, 0.6) is 0 Å². The van der Waals surface area contributed by atoms with Crippen molar-refractivity contribution in [2.24, 2.45) is 0 Å². The third-order valence-corrected chi connectivity index (χ3v) is 1.00. The molecule has 11 heavy (non-hydrogen) atoms. The van der Waals surface area contributed by atoms with Crippen molar-refractivity contribution in [1.29, 1.82) is 0 Å². The summed E-state index contributed by atoms with van der Waals surface area (Å²) in [5.41, 5.74) is 0. The van der Waals surface area contributed by atoms with Crippen LogP contribution in [0.1, 0.15) is 6.92 Å². The van der Waals surface area contributed by atoms with Gasteiger partial charge in [0.15, 0.2) is 0 Å². The van der Waals surface area contributed by atoms with E-state index in [1.54, 1.807) is 13.0 Å². The number of ether oxygens (including phenoxy) is 1. The van der Waals surface area contributed by atoms with Crippen molar-refractivity contribution < 1.29 is 9.53 Å². The normalized spacial score (nSPS) is 8.73. The highest BCUT2D eigenvalue weighted by Crippen LogP contribution is 1.84. The van der Waals surface area contributed by atoms with Crippen molar-refractivity contribution in [1.82, 2.24) is 0 Å². The van der Waals surface area contributed by atoms with Gasteiger partial charge in [0, 0.05) is 17.8 Å². The molecule has 0 amide bonds. The minimum Gasteiger partial charge on any atom is -0.463 e. The molecule has 0 aliphatic rings. The Morgan fingerprint density at radius 1 is 1.64 bits per heavy atom. The van der Waals surface area contributed by atoms with Crippen LogP contribution < -0.4 is 0 Å². The fourth-order valence-corrected chi connectivity index (χ4v) is 0.518. The zero-order chi connectivity index (χ0) is 9.11. The summed E-state index contributed by atoms with van der Waals surface area (Å²) in [6.07, 6.45) is 4.57. The Morgan fingerprint density at radius 3 is 2.55 bits per heavy atom. The molecule has 0 heterocycles. The maximum Gasteiger partial charge on any atom is 0.330 e. The molecule has 0 aromatic heterocycles. The molecule has 0 spiro atoms. The van der Waals surface area contributed by atoms with E-state index in [1.807, 2.05) is 0 Å². The van der Waals surface area contributed by atoms with Crippen LogP contribution in [-0.4, -0.2) is 24.3 Å². The van der Waals surface area contributed by atoms with E-state index in [-0.39, 0.29) is 5.97 Å². The zero-order valence-electron chi connectivity index (χ0n) is 6.64. The lowest BCUT2D eigenvalue weighted by Gasteiger charge is -1.92. The standard InChI is InChI=1S/C6H9BrO2.CH3Cl/c1-2-9-6(8)4-3-5-7;1-2/h3-4H,2,5H2,1H3;1H3/b4-3+;. The Balaban J connectivity index is 0. The number of carbonyl (C=O) groups is 1. The Labute approximate surface area is 80.7 Å². The van der Waals surface area contributed by atoms with Gasteiger partial charge in [-0.1, -0.05) is 22.0 Å². The van der Waals surface area contributed by atoms with E-state index in [0.29, 0.717) is 11.9 Å². The van der Waals surface area contributed by atoms with Crippen molar-refractivity contribution in [3.8, 4) is 0 Å². The summed E-state index contributed by atoms with van der Waals surface area (Å²) < 4.78 is 4.60. The lowest BCUT2D eigenvalue weighted by molar-refractivity contribution is -0.137. The first-order chi connectivity index (χ1) is 5.31. The summed E-state index contributed by atoms with van der Waals surface area (Å²) in [7, 11) is 0. The van der Waals surface area contributed by atoms with E-state index in [4.69, 9.17) is 0 Å². The first kappa shape index (κ1) is 13.6. The molecule has 0 unspecified atom stereocenters. The smallest absolute Gasteiger partial charge is 0.330 e. The summed E-state index contributed by atoms with van der Waals surface area (Å²) in [4.78, 5) is 10.5. The van der Waals surface area contributed by atoms with Gasteiger partial charge in [0.2, 0.25) is 0 Å². The molecule has 0 saturated carbocycles. The molecule has 0 aromatic rings. The van der Waals surface area contributed by atoms with Crippen LogP contribution in [-0.2, 0) is 9.53 Å². The average Bonchev–Trinajstić information content (AvgIpc) is 2.05. The number of hydrogen-bond donors (Lipinski definition) is 0. The number of esters is 1. The maximum absolute atomic E-state index is 10.5. The predicted octanol–water partition coefficient (Wildman–Crippen LogP) is 2.36. The van der Waals surface area contributed by atoms with Crippen LogP contribution in [0.15, 0.2) is 12.2 Å². The van der Waals surface area contributed by atoms with Gasteiger partial charge in [-0.25, -0.2) is 4.79 Å². The second-order valence-corrected chi connectivity index (χ2v) is 1.96. The van der Waals surface area contributed by atoms with Crippen LogP contribution in [0.3, 0.4) is 0 Å². The number of rotatable bonds is 3. The molecule has 0 atom stereocenters. The number of carbonyl (C=O) groups excluding carboxylic acids is 1. The van der Waals surface area contributed by atoms with Crippen LogP contribution >= 0.6 is 27.5 Å². The fraction of sp³-hybridized carbons (Fsp3) is 0.571. The molecule has 2 nitrogen and oxygen atoms in total. The minimum absolute atomic E-state index is 0.281. The molecule has 0 aliphatic carbocycles. The van der Waals surface area contributed by atoms with E-state index < -0.39 is 0 Å². The van der Waals surface area contributed by atoms with E-state index >= 15 is 0 Å². The molecule has 0 aromatic carbocycles. The molecule has 0 saturated heterocycles. The van der Waals surface area contributed by atoms with Crippen molar-refractivity contribution in [3.63, 3.8) is 0 Å². The predicted molar refractivity (Wildman–Crippen MR) is 51.3 cm³/mol. The third kappa shape index (κ3) is 13.0. The number of halogens is 2. The third-order valence-electron chi connectivity index (χ3n) is 0.630. The summed E-state index contributed by atoms with van der Waals surface area (Å²) in [5, 5.41) is 0.686. The molecular formula is C7H12BrClO2. The lowest BCUT2D eigenvalue weighted by Crippen LogP contribution is -1.98. The van der Waals surface area contributed by atoms with E-state index in [0.717, 1.165) is 0 Å². The van der Waals surface area contributed by atoms with Gasteiger partial charge in [0.05, 0.1) is 6.61 Å². The number of hydrogen-bond acceptors (Lipinski definition) is 2. The monoisotopic (exact) mass is 242 g/mol. The first-order valence-electron chi connectivity index (χ1n) is 3.08. The number of allylic oxidation sites excluding steroid dienone is 1. The Hall–Kier alpha value is -0.0200. The molecule has 66 valence electrons. The van der Waals surface area contributed by atoms with Crippen LogP contribution in [0.4, 0.5) is 0 Å². The van der Waals surface area contributed by atoms with Gasteiger partial charge in [-0.2, -0.15) is 0 Å². The topological polar surface area (TPSA) is 26.3 Å². The molecule has 4 heteroatoms. The largest absolute Gasteiger partial charge is 0.463 e. The highest BCUT2D eigenvalue weighted by molar-refractivity contribution is 9.09. The number of alkyl halides is 2. The van der Waals surface area contributed by atoms with Crippen LogP contribution in [0, 0.1) is 0 Å². The van der Waals surface area contributed by atoms with Gasteiger partial charge in [0.25, 0.3) is 0 Å². The van der Waals surface area contributed by atoms with E-state index in [1.165, 1.54) is 12.5 Å². The molecule has 0 fully saturated rings. The lowest BCUT2D eigenvalue weighted by atomic mass is 10.5. The van der Waals surface area contributed by atoms with Crippen molar-refractivity contribution >= 4 is 33.5 Å². The average molecular weight is 244 g/mol. The SMILES string of the molecule is CCOC(=O)/C=C/CBr.CCl. The molecule has 0 N–H and O–H groups in total. The van der Waals surface area contributed by atoms with Gasteiger partial charge < -0.3 is 4.74 Å². The Kier molecular flexibility index (Phi) is 15.6. The second-order valence-electron chi connectivity index (χ2n) is 1.31. The van der Waals surface area contributed by atoms with Gasteiger partial charge in [-0.3, -0.25) is 0 Å². The summed E-state index contributed by atoms with van der Waals surface area (Å²) in [6, 6.07) is 0. The molecular weight excluding hydrogens is 231 g/mol. The first-order valence-corrected chi connectivity index (χ1v) is 4.96. The Morgan fingerprint density at radius 2 is 2.18 bits per heavy atom. The fourth-order valence-electron chi connectivity index (χ4n) is 0.331. The minimum atomic E-state index is -0.281. The van der Waals surface area contributed by atoms with E-state index in [2.05, 4.69) is 32.3 Å². The van der Waals surface area contributed by atoms with Gasteiger partial charge in [-0.05, 0) is 6.92 Å². The molecule has 0 bridgehead atoms. The summed E-state index contributed by atoms with van der Waals surface area (Å²) in [6.45, 7) is 2.21. The maximum atomic E-state index is 10.5. The molecule has 0 rings (SSSR count).